The minimum Gasteiger partial charge on any atom is -0.342 e. The van der Waals surface area contributed by atoms with Crippen molar-refractivity contribution >= 4 is 5.91 Å². The molecule has 7 heteroatoms. The number of carbonyl (C=O) groups excluding carboxylic acids is 1. The fraction of sp³-hybridized carbons (Fsp3) is 0.909. The summed E-state index contributed by atoms with van der Waals surface area (Å²) in [5.41, 5.74) is 5.18. The van der Waals surface area contributed by atoms with Crippen LogP contribution in [-0.4, -0.2) is 61.2 Å². The lowest BCUT2D eigenvalue weighted by atomic mass is 10.1. The summed E-state index contributed by atoms with van der Waals surface area (Å²) < 4.78 is 38.3. The average molecular weight is 269 g/mol. The second-order valence-electron chi connectivity index (χ2n) is 4.12. The number of halogens is 3. The SMILES string of the molecule is CCN(CC)C(=O)CN(C)C(CCN)C(F)(F)F. The first-order valence-corrected chi connectivity index (χ1v) is 6.02. The standard InChI is InChI=1S/C11H22F3N3O/c1-4-17(5-2)10(18)8-16(3)9(6-7-15)11(12,13)14/h9H,4-8,15H2,1-3H3. The second-order valence-corrected chi connectivity index (χ2v) is 4.12. The second kappa shape index (κ2) is 7.58. The van der Waals surface area contributed by atoms with Crippen LogP contribution in [0.4, 0.5) is 13.2 Å². The van der Waals surface area contributed by atoms with Gasteiger partial charge in [-0.25, -0.2) is 0 Å². The summed E-state index contributed by atoms with van der Waals surface area (Å²) in [5, 5.41) is 0. The van der Waals surface area contributed by atoms with Gasteiger partial charge in [0.05, 0.1) is 6.54 Å². The maximum absolute atomic E-state index is 12.8. The molecule has 0 saturated carbocycles. The summed E-state index contributed by atoms with van der Waals surface area (Å²) in [4.78, 5) is 14.3. The van der Waals surface area contributed by atoms with Crippen molar-refractivity contribution in [3.05, 3.63) is 0 Å². The van der Waals surface area contributed by atoms with Crippen molar-refractivity contribution in [2.24, 2.45) is 5.73 Å². The molecule has 1 atom stereocenters. The van der Waals surface area contributed by atoms with Crippen LogP contribution in [0.15, 0.2) is 0 Å². The third-order valence-electron chi connectivity index (χ3n) is 2.85. The van der Waals surface area contributed by atoms with Crippen molar-refractivity contribution in [2.45, 2.75) is 32.5 Å². The highest BCUT2D eigenvalue weighted by Crippen LogP contribution is 2.26. The van der Waals surface area contributed by atoms with Crippen LogP contribution in [0.2, 0.25) is 0 Å². The minimum absolute atomic E-state index is 0.0615. The Morgan fingerprint density at radius 1 is 1.28 bits per heavy atom. The Morgan fingerprint density at radius 2 is 1.78 bits per heavy atom. The Labute approximate surface area is 106 Å². The van der Waals surface area contributed by atoms with Crippen molar-refractivity contribution < 1.29 is 18.0 Å². The number of carbonyl (C=O) groups is 1. The van der Waals surface area contributed by atoms with E-state index in [1.807, 2.05) is 0 Å². The van der Waals surface area contributed by atoms with Crippen LogP contribution in [0.25, 0.3) is 0 Å². The first-order valence-electron chi connectivity index (χ1n) is 6.02. The van der Waals surface area contributed by atoms with Crippen LogP contribution in [0.1, 0.15) is 20.3 Å². The molecule has 0 rings (SSSR count). The highest BCUT2D eigenvalue weighted by atomic mass is 19.4. The van der Waals surface area contributed by atoms with Gasteiger partial charge in [0.1, 0.15) is 6.04 Å². The quantitative estimate of drug-likeness (QED) is 0.752. The lowest BCUT2D eigenvalue weighted by molar-refractivity contribution is -0.182. The summed E-state index contributed by atoms with van der Waals surface area (Å²) in [6.45, 7) is 4.28. The van der Waals surface area contributed by atoms with E-state index in [1.54, 1.807) is 13.8 Å². The van der Waals surface area contributed by atoms with E-state index >= 15 is 0 Å². The zero-order valence-electron chi connectivity index (χ0n) is 11.1. The van der Waals surface area contributed by atoms with Gasteiger partial charge in [-0.3, -0.25) is 9.69 Å². The van der Waals surface area contributed by atoms with Crippen LogP contribution in [0, 0.1) is 0 Å². The van der Waals surface area contributed by atoms with E-state index in [-0.39, 0.29) is 25.4 Å². The van der Waals surface area contributed by atoms with Gasteiger partial charge in [0.25, 0.3) is 0 Å². The molecule has 4 nitrogen and oxygen atoms in total. The molecule has 0 aliphatic rings. The molecular formula is C11H22F3N3O. The molecule has 0 radical (unpaired) electrons. The van der Waals surface area contributed by atoms with E-state index in [4.69, 9.17) is 5.73 Å². The summed E-state index contributed by atoms with van der Waals surface area (Å²) in [7, 11) is 1.30. The number of alkyl halides is 3. The molecule has 0 aliphatic carbocycles. The summed E-state index contributed by atoms with van der Waals surface area (Å²) in [5.74, 6) is -0.297. The molecule has 0 heterocycles. The van der Waals surface area contributed by atoms with Crippen molar-refractivity contribution in [1.29, 1.82) is 0 Å². The van der Waals surface area contributed by atoms with E-state index < -0.39 is 12.2 Å². The lowest BCUT2D eigenvalue weighted by Gasteiger charge is -2.30. The number of likely N-dealkylation sites (N-methyl/N-ethyl adjacent to an activating group) is 2. The minimum atomic E-state index is -4.36. The smallest absolute Gasteiger partial charge is 0.342 e. The topological polar surface area (TPSA) is 49.6 Å². The van der Waals surface area contributed by atoms with Crippen molar-refractivity contribution in [2.75, 3.05) is 33.2 Å². The number of nitrogens with two attached hydrogens (primary N) is 1. The summed E-state index contributed by atoms with van der Waals surface area (Å²) in [6.07, 6.45) is -4.57. The first-order chi connectivity index (χ1) is 8.27. The molecule has 18 heavy (non-hydrogen) atoms. The molecule has 1 amide bonds. The van der Waals surface area contributed by atoms with Crippen LogP contribution in [0.3, 0.4) is 0 Å². The molecule has 0 spiro atoms. The van der Waals surface area contributed by atoms with Gasteiger partial charge < -0.3 is 10.6 Å². The number of nitrogens with zero attached hydrogens (tertiary/aromatic N) is 2. The van der Waals surface area contributed by atoms with Gasteiger partial charge in [-0.2, -0.15) is 13.2 Å². The Balaban J connectivity index is 4.60. The van der Waals surface area contributed by atoms with Gasteiger partial charge in [-0.15, -0.1) is 0 Å². The molecule has 0 aliphatic heterocycles. The maximum atomic E-state index is 12.8. The summed E-state index contributed by atoms with van der Waals surface area (Å²) in [6, 6.07) is -1.66. The van der Waals surface area contributed by atoms with Crippen molar-refractivity contribution in [1.82, 2.24) is 9.80 Å². The third-order valence-corrected chi connectivity index (χ3v) is 2.85. The van der Waals surface area contributed by atoms with Gasteiger partial charge >= 0.3 is 6.18 Å². The van der Waals surface area contributed by atoms with Gasteiger partial charge in [-0.1, -0.05) is 0 Å². The number of amides is 1. The molecule has 0 bridgehead atoms. The van der Waals surface area contributed by atoms with Crippen molar-refractivity contribution in [3.63, 3.8) is 0 Å². The molecular weight excluding hydrogens is 247 g/mol. The van der Waals surface area contributed by atoms with E-state index in [0.717, 1.165) is 4.90 Å². The highest BCUT2D eigenvalue weighted by molar-refractivity contribution is 5.78. The largest absolute Gasteiger partial charge is 0.404 e. The van der Waals surface area contributed by atoms with Crippen molar-refractivity contribution in [3.8, 4) is 0 Å². The molecule has 0 saturated heterocycles. The predicted octanol–water partition coefficient (Wildman–Crippen LogP) is 1.07. The fourth-order valence-electron chi connectivity index (χ4n) is 1.79. The van der Waals surface area contributed by atoms with E-state index in [9.17, 15) is 18.0 Å². The van der Waals surface area contributed by atoms with Gasteiger partial charge in [0.2, 0.25) is 5.91 Å². The van der Waals surface area contributed by atoms with Crippen LogP contribution in [-0.2, 0) is 4.79 Å². The zero-order valence-corrected chi connectivity index (χ0v) is 11.1. The molecule has 0 aromatic carbocycles. The Kier molecular flexibility index (Phi) is 7.23. The van der Waals surface area contributed by atoms with Gasteiger partial charge in [-0.05, 0) is 33.9 Å². The van der Waals surface area contributed by atoms with Crippen LogP contribution in [0.5, 0.6) is 0 Å². The average Bonchev–Trinajstić information content (AvgIpc) is 2.25. The fourth-order valence-corrected chi connectivity index (χ4v) is 1.79. The van der Waals surface area contributed by atoms with E-state index in [2.05, 4.69) is 0 Å². The molecule has 0 aromatic heterocycles. The monoisotopic (exact) mass is 269 g/mol. The number of hydrogen-bond acceptors (Lipinski definition) is 3. The Bertz CT molecular complexity index is 254. The molecule has 1 unspecified atom stereocenters. The molecule has 0 fully saturated rings. The Hall–Kier alpha value is -0.820. The van der Waals surface area contributed by atoms with Gasteiger partial charge in [0, 0.05) is 13.1 Å². The lowest BCUT2D eigenvalue weighted by Crippen LogP contribution is -2.49. The molecule has 2 N–H and O–H groups in total. The normalized spacial score (nSPS) is 13.8. The number of rotatable bonds is 7. The number of hydrogen-bond donors (Lipinski definition) is 1. The highest BCUT2D eigenvalue weighted by Gasteiger charge is 2.42. The first kappa shape index (κ1) is 17.2. The molecule has 0 aromatic rings. The summed E-state index contributed by atoms with van der Waals surface area (Å²) >= 11 is 0. The van der Waals surface area contributed by atoms with E-state index in [1.165, 1.54) is 11.9 Å². The third kappa shape index (κ3) is 5.22. The van der Waals surface area contributed by atoms with E-state index in [0.29, 0.717) is 13.1 Å². The maximum Gasteiger partial charge on any atom is 0.404 e. The van der Waals surface area contributed by atoms with Crippen LogP contribution < -0.4 is 5.73 Å². The Morgan fingerprint density at radius 3 is 2.11 bits per heavy atom. The van der Waals surface area contributed by atoms with Crippen LogP contribution >= 0.6 is 0 Å². The predicted molar refractivity (Wildman–Crippen MR) is 64.1 cm³/mol. The van der Waals surface area contributed by atoms with Gasteiger partial charge in [0.15, 0.2) is 0 Å². The zero-order chi connectivity index (χ0) is 14.3. The molecule has 108 valence electrons.